The summed E-state index contributed by atoms with van der Waals surface area (Å²) in [4.78, 5) is 12.6. The van der Waals surface area contributed by atoms with E-state index in [1.807, 2.05) is 41.5 Å². The first-order valence-electron chi connectivity index (χ1n) is 7.19. The van der Waals surface area contributed by atoms with E-state index in [4.69, 9.17) is 0 Å². The SMILES string of the molecule is CC(C)(C)N[C@@H](Cc1ccc(O)c(F)c1)C(=O)C(C)(C)C. The molecule has 2 N–H and O–H groups in total. The highest BCUT2D eigenvalue weighted by molar-refractivity contribution is 5.89. The second-order valence-electron chi connectivity index (χ2n) is 7.55. The molecule has 4 heteroatoms. The number of aromatic hydroxyl groups is 1. The molecule has 21 heavy (non-hydrogen) atoms. The number of rotatable bonds is 4. The van der Waals surface area contributed by atoms with E-state index in [-0.39, 0.29) is 17.1 Å². The van der Waals surface area contributed by atoms with Crippen molar-refractivity contribution in [1.82, 2.24) is 5.32 Å². The topological polar surface area (TPSA) is 49.3 Å². The van der Waals surface area contributed by atoms with Crippen molar-refractivity contribution in [2.45, 2.75) is 59.5 Å². The second-order valence-corrected chi connectivity index (χ2v) is 7.55. The molecule has 1 rings (SSSR count). The number of hydrogen-bond donors (Lipinski definition) is 2. The number of phenolic OH excluding ortho intramolecular Hbond substituents is 1. The lowest BCUT2D eigenvalue weighted by Crippen LogP contribution is -2.51. The van der Waals surface area contributed by atoms with Gasteiger partial charge in [0.1, 0.15) is 0 Å². The van der Waals surface area contributed by atoms with Crippen LogP contribution in [0.3, 0.4) is 0 Å². The van der Waals surface area contributed by atoms with Gasteiger partial charge >= 0.3 is 0 Å². The summed E-state index contributed by atoms with van der Waals surface area (Å²) in [6.45, 7) is 11.6. The minimum Gasteiger partial charge on any atom is -0.505 e. The van der Waals surface area contributed by atoms with Crippen LogP contribution in [-0.2, 0) is 11.2 Å². The third-order valence-corrected chi connectivity index (χ3v) is 3.11. The summed E-state index contributed by atoms with van der Waals surface area (Å²) in [6.07, 6.45) is 0.393. The fraction of sp³-hybridized carbons (Fsp3) is 0.588. The molecule has 0 unspecified atom stereocenters. The molecule has 1 atom stereocenters. The first-order chi connectivity index (χ1) is 9.40. The van der Waals surface area contributed by atoms with E-state index in [0.29, 0.717) is 12.0 Å². The van der Waals surface area contributed by atoms with Crippen molar-refractivity contribution in [3.8, 4) is 5.75 Å². The van der Waals surface area contributed by atoms with E-state index >= 15 is 0 Å². The second kappa shape index (κ2) is 6.14. The monoisotopic (exact) mass is 295 g/mol. The minimum absolute atomic E-state index is 0.0888. The van der Waals surface area contributed by atoms with Gasteiger partial charge in [-0.15, -0.1) is 0 Å². The molecule has 118 valence electrons. The van der Waals surface area contributed by atoms with Crippen LogP contribution in [0.2, 0.25) is 0 Å². The Morgan fingerprint density at radius 3 is 2.24 bits per heavy atom. The third kappa shape index (κ3) is 5.46. The highest BCUT2D eigenvalue weighted by Crippen LogP contribution is 2.22. The summed E-state index contributed by atoms with van der Waals surface area (Å²) < 4.78 is 13.4. The molecule has 0 spiro atoms. The van der Waals surface area contributed by atoms with Crippen molar-refractivity contribution < 1.29 is 14.3 Å². The molecule has 1 aromatic rings. The van der Waals surface area contributed by atoms with Gasteiger partial charge in [-0.3, -0.25) is 4.79 Å². The van der Waals surface area contributed by atoms with Crippen LogP contribution in [0.1, 0.15) is 47.1 Å². The molecule has 0 heterocycles. The van der Waals surface area contributed by atoms with Crippen molar-refractivity contribution in [3.05, 3.63) is 29.6 Å². The molecule has 0 aliphatic carbocycles. The fourth-order valence-electron chi connectivity index (χ4n) is 2.17. The van der Waals surface area contributed by atoms with Crippen molar-refractivity contribution in [2.24, 2.45) is 5.41 Å². The van der Waals surface area contributed by atoms with E-state index in [2.05, 4.69) is 5.32 Å². The van der Waals surface area contributed by atoms with E-state index < -0.39 is 17.3 Å². The quantitative estimate of drug-likeness (QED) is 0.894. The summed E-state index contributed by atoms with van der Waals surface area (Å²) in [5.74, 6) is -0.947. The average Bonchev–Trinajstić information content (AvgIpc) is 2.29. The molecule has 0 aromatic heterocycles. The van der Waals surface area contributed by atoms with E-state index in [1.54, 1.807) is 6.07 Å². The van der Waals surface area contributed by atoms with Gasteiger partial charge in [-0.1, -0.05) is 26.8 Å². The van der Waals surface area contributed by atoms with Crippen LogP contribution in [-0.4, -0.2) is 22.5 Å². The predicted octanol–water partition coefficient (Wildman–Crippen LogP) is 3.45. The Hall–Kier alpha value is -1.42. The number of phenols is 1. The van der Waals surface area contributed by atoms with Crippen molar-refractivity contribution >= 4 is 5.78 Å². The van der Waals surface area contributed by atoms with E-state index in [9.17, 15) is 14.3 Å². The standard InChI is InChI=1S/C17H26FNO2/c1-16(2,3)15(21)13(19-17(4,5)6)10-11-7-8-14(20)12(18)9-11/h7-9,13,19-20H,10H2,1-6H3/t13-/m0/s1. The number of hydrogen-bond acceptors (Lipinski definition) is 3. The Balaban J connectivity index is 3.01. The highest BCUT2D eigenvalue weighted by Gasteiger charge is 2.32. The Labute approximate surface area is 126 Å². The lowest BCUT2D eigenvalue weighted by atomic mass is 9.83. The molecule has 0 aliphatic rings. The lowest BCUT2D eigenvalue weighted by molar-refractivity contribution is -0.128. The van der Waals surface area contributed by atoms with Crippen molar-refractivity contribution in [2.75, 3.05) is 0 Å². The van der Waals surface area contributed by atoms with Gasteiger partial charge in [-0.05, 0) is 44.9 Å². The van der Waals surface area contributed by atoms with Gasteiger partial charge in [0.05, 0.1) is 6.04 Å². The summed E-state index contributed by atoms with van der Waals surface area (Å²) in [5, 5.41) is 12.6. The summed E-state index contributed by atoms with van der Waals surface area (Å²) >= 11 is 0. The Kier molecular flexibility index (Phi) is 5.16. The molecule has 3 nitrogen and oxygen atoms in total. The first kappa shape index (κ1) is 17.6. The summed E-state index contributed by atoms with van der Waals surface area (Å²) in [6, 6.07) is 3.85. The van der Waals surface area contributed by atoms with Crippen LogP contribution in [0.15, 0.2) is 18.2 Å². The predicted molar refractivity (Wildman–Crippen MR) is 82.9 cm³/mol. The number of carbonyl (C=O) groups is 1. The van der Waals surface area contributed by atoms with Crippen molar-refractivity contribution in [3.63, 3.8) is 0 Å². The minimum atomic E-state index is -0.662. The maximum atomic E-state index is 13.4. The smallest absolute Gasteiger partial charge is 0.165 e. The van der Waals surface area contributed by atoms with Crippen LogP contribution >= 0.6 is 0 Å². The zero-order valence-corrected chi connectivity index (χ0v) is 13.7. The van der Waals surface area contributed by atoms with Gasteiger partial charge < -0.3 is 10.4 Å². The molecule has 0 saturated carbocycles. The van der Waals surface area contributed by atoms with E-state index in [0.717, 1.165) is 0 Å². The Morgan fingerprint density at radius 2 is 1.81 bits per heavy atom. The number of ketones is 1. The first-order valence-corrected chi connectivity index (χ1v) is 7.19. The summed E-state index contributed by atoms with van der Waals surface area (Å²) in [7, 11) is 0. The molecule has 0 aliphatic heterocycles. The lowest BCUT2D eigenvalue weighted by Gasteiger charge is -2.32. The largest absolute Gasteiger partial charge is 0.505 e. The van der Waals surface area contributed by atoms with Gasteiger partial charge in [0, 0.05) is 11.0 Å². The van der Waals surface area contributed by atoms with E-state index in [1.165, 1.54) is 12.1 Å². The van der Waals surface area contributed by atoms with Gasteiger partial charge in [0.25, 0.3) is 0 Å². The van der Waals surface area contributed by atoms with Gasteiger partial charge in [-0.2, -0.15) is 0 Å². The van der Waals surface area contributed by atoms with Gasteiger partial charge in [0.2, 0.25) is 0 Å². The van der Waals surface area contributed by atoms with Crippen LogP contribution < -0.4 is 5.32 Å². The molecular weight excluding hydrogens is 269 g/mol. The Morgan fingerprint density at radius 1 is 1.24 bits per heavy atom. The maximum Gasteiger partial charge on any atom is 0.165 e. The molecular formula is C17H26FNO2. The maximum absolute atomic E-state index is 13.4. The van der Waals surface area contributed by atoms with Crippen LogP contribution in [0.5, 0.6) is 5.75 Å². The Bertz CT molecular complexity index is 513. The average molecular weight is 295 g/mol. The molecule has 0 amide bonds. The number of nitrogens with one attached hydrogen (secondary N) is 1. The van der Waals surface area contributed by atoms with Crippen molar-refractivity contribution in [1.29, 1.82) is 0 Å². The zero-order valence-electron chi connectivity index (χ0n) is 13.7. The third-order valence-electron chi connectivity index (χ3n) is 3.11. The molecule has 1 aromatic carbocycles. The summed E-state index contributed by atoms with van der Waals surface area (Å²) in [5.41, 5.74) is -0.0102. The molecule has 0 radical (unpaired) electrons. The van der Waals surface area contributed by atoms with Crippen LogP contribution in [0.4, 0.5) is 4.39 Å². The van der Waals surface area contributed by atoms with Gasteiger partial charge in [0.15, 0.2) is 17.3 Å². The zero-order chi connectivity index (χ0) is 16.4. The number of Topliss-reactive ketones (excluding diaryl/α,β-unsaturated/α-hetero) is 1. The number of benzene rings is 1. The fourth-order valence-corrected chi connectivity index (χ4v) is 2.17. The molecule has 0 bridgehead atoms. The molecule has 0 fully saturated rings. The highest BCUT2D eigenvalue weighted by atomic mass is 19.1. The number of halogens is 1. The van der Waals surface area contributed by atoms with Crippen LogP contribution in [0, 0.1) is 11.2 Å². The number of carbonyl (C=O) groups excluding carboxylic acids is 1. The van der Waals surface area contributed by atoms with Crippen LogP contribution in [0.25, 0.3) is 0 Å². The molecule has 0 saturated heterocycles. The normalized spacial score (nSPS) is 14.0. The van der Waals surface area contributed by atoms with Gasteiger partial charge in [-0.25, -0.2) is 4.39 Å².